The van der Waals surface area contributed by atoms with Crippen molar-refractivity contribution in [3.8, 4) is 0 Å². The van der Waals surface area contributed by atoms with Crippen molar-refractivity contribution in [1.82, 2.24) is 19.3 Å². The Morgan fingerprint density at radius 2 is 0.762 bits per heavy atom. The maximum atomic E-state index is 9.66. The van der Waals surface area contributed by atoms with Crippen LogP contribution in [0.4, 0.5) is 0 Å². The normalized spacial score (nSPS) is 12.8. The number of nitrogens with one attached hydrogen (secondary N) is 4. The first-order valence-electron chi connectivity index (χ1n) is 3.35. The molecule has 0 heterocycles. The van der Waals surface area contributed by atoms with Crippen molar-refractivity contribution < 1.29 is 51.9 Å². The molecule has 0 aromatic heterocycles. The van der Waals surface area contributed by atoms with Crippen LogP contribution >= 0.6 is 0 Å². The molecule has 0 amide bonds. The molecule has 0 aromatic carbocycles. The van der Waals surface area contributed by atoms with Crippen LogP contribution in [0.3, 0.4) is 0 Å². The molecular weight excluding hydrogens is 583 g/mol. The SMILES string of the molecule is O=S(=O)([O-])NNS(=O)(=O)O.O=S(=O)([O-])NNS(=O)(=O)O.[Pb+2]. The fraction of sp³-hybridized carbons (Fsp3) is 0. The van der Waals surface area contributed by atoms with Gasteiger partial charge in [-0.25, -0.2) is 16.8 Å². The Morgan fingerprint density at radius 1 is 0.571 bits per heavy atom. The van der Waals surface area contributed by atoms with E-state index in [0.717, 1.165) is 19.3 Å². The van der Waals surface area contributed by atoms with Crippen molar-refractivity contribution in [3.63, 3.8) is 0 Å². The maximum Gasteiger partial charge on any atom is 2.00 e. The summed E-state index contributed by atoms with van der Waals surface area (Å²) in [7, 11) is -19.2. The molecule has 0 saturated carbocycles. The second kappa shape index (κ2) is 9.52. The first kappa shape index (κ1) is 26.3. The van der Waals surface area contributed by atoms with E-state index in [1.165, 1.54) is 0 Å². The minimum Gasteiger partial charge on any atom is -0.734 e. The quantitative estimate of drug-likeness (QED) is 0.0961. The van der Waals surface area contributed by atoms with E-state index in [9.17, 15) is 42.8 Å². The summed E-state index contributed by atoms with van der Waals surface area (Å²) in [5.41, 5.74) is 0. The molecule has 0 spiro atoms. The van der Waals surface area contributed by atoms with Crippen molar-refractivity contribution in [1.29, 1.82) is 0 Å². The second-order valence-corrected chi connectivity index (χ2v) is 6.80. The Bertz CT molecular complexity index is 569. The molecule has 2 radical (unpaired) electrons. The van der Waals surface area contributed by atoms with Crippen molar-refractivity contribution in [2.24, 2.45) is 0 Å². The van der Waals surface area contributed by atoms with Gasteiger partial charge < -0.3 is 9.11 Å². The smallest absolute Gasteiger partial charge is 0.734 e. The van der Waals surface area contributed by atoms with Crippen molar-refractivity contribution in [3.05, 3.63) is 0 Å². The Morgan fingerprint density at radius 3 is 0.810 bits per heavy atom. The van der Waals surface area contributed by atoms with Gasteiger partial charge >= 0.3 is 47.9 Å². The Kier molecular flexibility index (Phi) is 11.9. The van der Waals surface area contributed by atoms with E-state index in [4.69, 9.17) is 9.11 Å². The Labute approximate surface area is 139 Å². The van der Waals surface area contributed by atoms with Gasteiger partial charge in [-0.05, 0) is 0 Å². The number of hydrogen-bond donors (Lipinski definition) is 6. The van der Waals surface area contributed by atoms with E-state index < -0.39 is 41.2 Å². The first-order valence-corrected chi connectivity index (χ1v) is 9.04. The van der Waals surface area contributed by atoms with Gasteiger partial charge in [-0.15, -0.1) is 19.3 Å². The fourth-order valence-electron chi connectivity index (χ4n) is 0.207. The number of hydrogen-bond acceptors (Lipinski definition) is 10. The topological polar surface area (TPSA) is 271 Å². The van der Waals surface area contributed by atoms with Crippen LogP contribution in [0.2, 0.25) is 0 Å². The van der Waals surface area contributed by atoms with E-state index in [0.29, 0.717) is 0 Å². The monoisotopic (exact) mass is 590 g/mol. The summed E-state index contributed by atoms with van der Waals surface area (Å²) < 4.78 is 112. The zero-order valence-electron chi connectivity index (χ0n) is 9.11. The predicted octanol–water partition coefficient (Wildman–Crippen LogP) is -5.69. The van der Waals surface area contributed by atoms with Gasteiger partial charge in [0.1, 0.15) is 0 Å². The molecule has 0 unspecified atom stereocenters. The van der Waals surface area contributed by atoms with Crippen LogP contribution in [0, 0.1) is 0 Å². The van der Waals surface area contributed by atoms with Gasteiger partial charge in [-0.1, -0.05) is 0 Å². The molecular formula is H6N4O12PbS4. The van der Waals surface area contributed by atoms with Crippen LogP contribution in [0.5, 0.6) is 0 Å². The number of rotatable bonds is 6. The first-order chi connectivity index (χ1) is 8.41. The fourth-order valence-corrected chi connectivity index (χ4v) is 1.87. The zero-order valence-corrected chi connectivity index (χ0v) is 16.3. The third kappa shape index (κ3) is 33.3. The molecule has 16 nitrogen and oxygen atoms in total. The minimum absolute atomic E-state index is 0. The van der Waals surface area contributed by atoms with E-state index in [1.54, 1.807) is 0 Å². The second-order valence-electron chi connectivity index (χ2n) is 2.27. The third-order valence-corrected chi connectivity index (χ3v) is 2.27. The van der Waals surface area contributed by atoms with E-state index >= 15 is 0 Å². The number of hydrazine groups is 2. The van der Waals surface area contributed by atoms with Gasteiger partial charge in [0.05, 0.1) is 0 Å². The molecule has 6 N–H and O–H groups in total. The molecule has 0 aliphatic carbocycles. The summed E-state index contributed by atoms with van der Waals surface area (Å²) in [6.45, 7) is 0. The molecule has 0 aliphatic rings. The van der Waals surface area contributed by atoms with Gasteiger partial charge in [-0.2, -0.15) is 16.8 Å². The van der Waals surface area contributed by atoms with E-state index in [-0.39, 0.29) is 27.3 Å². The molecule has 0 saturated heterocycles. The Balaban J connectivity index is -0.000000295. The van der Waals surface area contributed by atoms with Crippen LogP contribution in [0.15, 0.2) is 0 Å². The molecule has 21 heteroatoms. The minimum atomic E-state index is -4.91. The summed E-state index contributed by atoms with van der Waals surface area (Å²) >= 11 is 0. The zero-order chi connectivity index (χ0) is 16.8. The van der Waals surface area contributed by atoms with Gasteiger partial charge in [0.25, 0.3) is 0 Å². The van der Waals surface area contributed by atoms with Gasteiger partial charge in [0.2, 0.25) is 0 Å². The standard InChI is InChI=1S/2H4N2O6S2.Pb/c2*3-9(4,5)1-2-10(6,7)8;/h2*1-2H,(H,3,4,5)(H,6,7,8);/q;;+2/p-2. The van der Waals surface area contributed by atoms with Crippen molar-refractivity contribution in [2.75, 3.05) is 0 Å². The van der Waals surface area contributed by atoms with Crippen LogP contribution in [0.25, 0.3) is 0 Å². The third-order valence-electron chi connectivity index (χ3n) is 0.591. The van der Waals surface area contributed by atoms with Crippen LogP contribution in [-0.2, 0) is 41.2 Å². The molecule has 126 valence electrons. The molecule has 0 fully saturated rings. The molecule has 0 atom stereocenters. The summed E-state index contributed by atoms with van der Waals surface area (Å²) in [6.07, 6.45) is 0. The molecule has 0 bridgehead atoms. The van der Waals surface area contributed by atoms with Crippen molar-refractivity contribution >= 4 is 68.5 Å². The van der Waals surface area contributed by atoms with Gasteiger partial charge in [0.15, 0.2) is 20.6 Å². The van der Waals surface area contributed by atoms with Gasteiger partial charge in [0, 0.05) is 0 Å². The maximum absolute atomic E-state index is 9.66. The van der Waals surface area contributed by atoms with Crippen LogP contribution < -0.4 is 19.3 Å². The summed E-state index contributed by atoms with van der Waals surface area (Å²) in [4.78, 5) is 3.26. The average molecular weight is 590 g/mol. The van der Waals surface area contributed by atoms with Crippen LogP contribution in [0.1, 0.15) is 0 Å². The largest absolute Gasteiger partial charge is 2.00 e. The average Bonchev–Trinajstić information content (AvgIpc) is 2.09. The van der Waals surface area contributed by atoms with Gasteiger partial charge in [-0.3, -0.25) is 9.11 Å². The predicted molar refractivity (Wildman–Crippen MR) is 60.8 cm³/mol. The van der Waals surface area contributed by atoms with Crippen molar-refractivity contribution in [2.45, 2.75) is 0 Å². The molecule has 0 aliphatic heterocycles. The van der Waals surface area contributed by atoms with E-state index in [1.807, 2.05) is 0 Å². The molecule has 21 heavy (non-hydrogen) atoms. The molecule has 0 rings (SSSR count). The van der Waals surface area contributed by atoms with Crippen LogP contribution in [-0.4, -0.2) is 79.2 Å². The summed E-state index contributed by atoms with van der Waals surface area (Å²) in [5, 5.41) is 0. The molecule has 0 aromatic rings. The van der Waals surface area contributed by atoms with E-state index in [2.05, 4.69) is 0 Å². The summed E-state index contributed by atoms with van der Waals surface area (Å²) in [6, 6.07) is 0. The summed E-state index contributed by atoms with van der Waals surface area (Å²) in [5.74, 6) is 0. The Hall–Kier alpha value is 0.402.